The van der Waals surface area contributed by atoms with Crippen LogP contribution in [-0.2, 0) is 16.0 Å². The first-order valence-corrected chi connectivity index (χ1v) is 8.98. The van der Waals surface area contributed by atoms with Gasteiger partial charge in [-0.1, -0.05) is 18.2 Å². The summed E-state index contributed by atoms with van der Waals surface area (Å²) in [6.45, 7) is 3.86. The van der Waals surface area contributed by atoms with Gasteiger partial charge < -0.3 is 15.2 Å². The van der Waals surface area contributed by atoms with Crippen LogP contribution in [0.5, 0.6) is 5.75 Å². The maximum absolute atomic E-state index is 12.5. The van der Waals surface area contributed by atoms with Crippen molar-refractivity contribution in [2.45, 2.75) is 26.3 Å². The zero-order chi connectivity index (χ0) is 21.0. The Hall–Kier alpha value is -3.75. The molecule has 9 nitrogen and oxygen atoms in total. The Morgan fingerprint density at radius 2 is 1.97 bits per heavy atom. The number of benzene rings is 2. The highest BCUT2D eigenvalue weighted by Crippen LogP contribution is 2.28. The van der Waals surface area contributed by atoms with Crippen LogP contribution in [0.15, 0.2) is 42.5 Å². The van der Waals surface area contributed by atoms with Gasteiger partial charge in [0.1, 0.15) is 5.75 Å². The van der Waals surface area contributed by atoms with Crippen LogP contribution in [0.1, 0.15) is 35.8 Å². The Labute approximate surface area is 167 Å². The fraction of sp³-hybridized carbons (Fsp3) is 0.250. The number of amides is 1. The van der Waals surface area contributed by atoms with E-state index >= 15 is 0 Å². The molecule has 0 aliphatic carbocycles. The number of aromatic hydroxyl groups is 1. The molecule has 1 heterocycles. The number of carbonyl (C=O) groups is 2. The lowest BCUT2D eigenvalue weighted by atomic mass is 10.0. The number of phenols is 1. The summed E-state index contributed by atoms with van der Waals surface area (Å²) in [6, 6.07) is 11.4. The zero-order valence-corrected chi connectivity index (χ0v) is 16.3. The molecule has 2 N–H and O–H groups in total. The standard InChI is InChI=1S/C20H21N5O4/c1-12(2)25-23-19(22-24-25)14-8-9-17(26)16(10-14)21-18(27)11-13-6-4-5-7-15(13)20(28)29-3/h4-10,12,26H,11H2,1-3H3,(H,21,27). The van der Waals surface area contributed by atoms with E-state index in [-0.39, 0.29) is 23.9 Å². The Kier molecular flexibility index (Phi) is 5.87. The van der Waals surface area contributed by atoms with Crippen molar-refractivity contribution in [1.82, 2.24) is 20.2 Å². The maximum Gasteiger partial charge on any atom is 0.338 e. The third kappa shape index (κ3) is 4.57. The number of rotatable bonds is 6. The second-order valence-electron chi connectivity index (χ2n) is 6.63. The van der Waals surface area contributed by atoms with Gasteiger partial charge in [-0.05, 0) is 48.9 Å². The minimum absolute atomic E-state index is 0.0578. The number of hydrogen-bond donors (Lipinski definition) is 2. The van der Waals surface area contributed by atoms with Gasteiger partial charge in [-0.3, -0.25) is 4.79 Å². The third-order valence-corrected chi connectivity index (χ3v) is 4.19. The van der Waals surface area contributed by atoms with E-state index < -0.39 is 11.9 Å². The molecule has 9 heteroatoms. The number of nitrogens with one attached hydrogen (secondary N) is 1. The number of methoxy groups -OCH3 is 1. The lowest BCUT2D eigenvalue weighted by Crippen LogP contribution is -2.17. The minimum Gasteiger partial charge on any atom is -0.506 e. The fourth-order valence-electron chi connectivity index (χ4n) is 2.69. The van der Waals surface area contributed by atoms with E-state index in [1.165, 1.54) is 18.0 Å². The van der Waals surface area contributed by atoms with Gasteiger partial charge in [-0.2, -0.15) is 4.80 Å². The van der Waals surface area contributed by atoms with Crippen molar-refractivity contribution in [3.63, 3.8) is 0 Å². The van der Waals surface area contributed by atoms with E-state index in [4.69, 9.17) is 4.74 Å². The summed E-state index contributed by atoms with van der Waals surface area (Å²) >= 11 is 0. The van der Waals surface area contributed by atoms with Gasteiger partial charge in [-0.25, -0.2) is 4.79 Å². The molecule has 1 amide bonds. The molecular weight excluding hydrogens is 374 g/mol. The average molecular weight is 395 g/mol. The van der Waals surface area contributed by atoms with E-state index in [0.717, 1.165) is 0 Å². The quantitative estimate of drug-likeness (QED) is 0.486. The summed E-state index contributed by atoms with van der Waals surface area (Å²) in [5.74, 6) is -0.630. The van der Waals surface area contributed by atoms with Crippen molar-refractivity contribution in [3.8, 4) is 17.1 Å². The van der Waals surface area contributed by atoms with Gasteiger partial charge in [0.25, 0.3) is 0 Å². The Balaban J connectivity index is 1.80. The summed E-state index contributed by atoms with van der Waals surface area (Å²) in [6.07, 6.45) is -0.0588. The molecule has 0 spiro atoms. The number of anilines is 1. The van der Waals surface area contributed by atoms with Crippen LogP contribution in [0.2, 0.25) is 0 Å². The van der Waals surface area contributed by atoms with Gasteiger partial charge >= 0.3 is 5.97 Å². The van der Waals surface area contributed by atoms with Crippen LogP contribution in [0.4, 0.5) is 5.69 Å². The van der Waals surface area contributed by atoms with E-state index in [2.05, 4.69) is 20.7 Å². The topological polar surface area (TPSA) is 119 Å². The molecular formula is C20H21N5O4. The third-order valence-electron chi connectivity index (χ3n) is 4.19. The smallest absolute Gasteiger partial charge is 0.338 e. The monoisotopic (exact) mass is 395 g/mol. The second kappa shape index (κ2) is 8.51. The summed E-state index contributed by atoms with van der Waals surface area (Å²) < 4.78 is 4.75. The number of nitrogens with zero attached hydrogens (tertiary/aromatic N) is 4. The number of hydrogen-bond acceptors (Lipinski definition) is 7. The molecule has 0 radical (unpaired) electrons. The van der Waals surface area contributed by atoms with Crippen molar-refractivity contribution in [1.29, 1.82) is 0 Å². The number of esters is 1. The molecule has 0 unspecified atom stereocenters. The Morgan fingerprint density at radius 3 is 2.66 bits per heavy atom. The highest BCUT2D eigenvalue weighted by Gasteiger charge is 2.16. The number of phenolic OH excluding ortho intramolecular Hbond substituents is 1. The normalized spacial score (nSPS) is 10.8. The molecule has 0 aliphatic heterocycles. The number of carbonyl (C=O) groups excluding carboxylic acids is 2. The van der Waals surface area contributed by atoms with Crippen molar-refractivity contribution < 1.29 is 19.4 Å². The van der Waals surface area contributed by atoms with Crippen LogP contribution in [0, 0.1) is 0 Å². The van der Waals surface area contributed by atoms with Gasteiger partial charge in [0.15, 0.2) is 0 Å². The molecule has 150 valence electrons. The number of tetrazole rings is 1. The molecule has 0 aliphatic rings. The number of ether oxygens (including phenoxy) is 1. The highest BCUT2D eigenvalue weighted by atomic mass is 16.5. The highest BCUT2D eigenvalue weighted by molar-refractivity contribution is 5.97. The Bertz CT molecular complexity index is 1040. The summed E-state index contributed by atoms with van der Waals surface area (Å²) in [4.78, 5) is 25.9. The predicted octanol–water partition coefficient (Wildman–Crippen LogP) is 2.59. The molecule has 0 saturated heterocycles. The molecule has 0 bridgehead atoms. The van der Waals surface area contributed by atoms with Gasteiger partial charge in [0.05, 0.1) is 30.8 Å². The van der Waals surface area contributed by atoms with Gasteiger partial charge in [0, 0.05) is 5.56 Å². The van der Waals surface area contributed by atoms with Crippen LogP contribution in [0.25, 0.3) is 11.4 Å². The van der Waals surface area contributed by atoms with Crippen molar-refractivity contribution in [2.24, 2.45) is 0 Å². The van der Waals surface area contributed by atoms with Gasteiger partial charge in [-0.15, -0.1) is 10.2 Å². The van der Waals surface area contributed by atoms with Crippen molar-refractivity contribution in [2.75, 3.05) is 12.4 Å². The molecule has 29 heavy (non-hydrogen) atoms. The first-order valence-electron chi connectivity index (χ1n) is 8.98. The largest absolute Gasteiger partial charge is 0.506 e. The fourth-order valence-corrected chi connectivity index (χ4v) is 2.69. The van der Waals surface area contributed by atoms with E-state index in [1.54, 1.807) is 36.4 Å². The second-order valence-corrected chi connectivity index (χ2v) is 6.63. The molecule has 1 aromatic heterocycles. The summed E-state index contributed by atoms with van der Waals surface area (Å²) in [7, 11) is 1.28. The van der Waals surface area contributed by atoms with Crippen LogP contribution >= 0.6 is 0 Å². The molecule has 2 aromatic carbocycles. The first kappa shape index (κ1) is 20.0. The maximum atomic E-state index is 12.5. The Morgan fingerprint density at radius 1 is 1.21 bits per heavy atom. The van der Waals surface area contributed by atoms with E-state index in [9.17, 15) is 14.7 Å². The lowest BCUT2D eigenvalue weighted by Gasteiger charge is -2.10. The molecule has 0 fully saturated rings. The van der Waals surface area contributed by atoms with Gasteiger partial charge in [0.2, 0.25) is 11.7 Å². The van der Waals surface area contributed by atoms with Crippen molar-refractivity contribution >= 4 is 17.6 Å². The van der Waals surface area contributed by atoms with E-state index in [0.29, 0.717) is 22.5 Å². The van der Waals surface area contributed by atoms with Crippen LogP contribution in [0.3, 0.4) is 0 Å². The summed E-state index contributed by atoms with van der Waals surface area (Å²) in [5, 5.41) is 25.0. The van der Waals surface area contributed by atoms with Crippen LogP contribution in [-0.4, -0.2) is 44.3 Å². The van der Waals surface area contributed by atoms with Crippen LogP contribution < -0.4 is 5.32 Å². The van der Waals surface area contributed by atoms with E-state index in [1.807, 2.05) is 13.8 Å². The molecule has 3 rings (SSSR count). The van der Waals surface area contributed by atoms with Crippen molar-refractivity contribution in [3.05, 3.63) is 53.6 Å². The first-order chi connectivity index (χ1) is 13.9. The molecule has 0 saturated carbocycles. The average Bonchev–Trinajstić information content (AvgIpc) is 3.20. The minimum atomic E-state index is -0.516. The molecule has 3 aromatic rings. The molecule has 0 atom stereocenters. The lowest BCUT2D eigenvalue weighted by molar-refractivity contribution is -0.115. The predicted molar refractivity (Wildman–Crippen MR) is 105 cm³/mol. The summed E-state index contributed by atoms with van der Waals surface area (Å²) in [5.41, 5.74) is 1.65. The SMILES string of the molecule is COC(=O)c1ccccc1CC(=O)Nc1cc(-c2nnn(C(C)C)n2)ccc1O. The number of aromatic nitrogens is 4. The zero-order valence-electron chi connectivity index (χ0n) is 16.3.